The number of benzene rings is 1. The second kappa shape index (κ2) is 7.60. The fourth-order valence-electron chi connectivity index (χ4n) is 2.20. The van der Waals surface area contributed by atoms with Gasteiger partial charge < -0.3 is 20.2 Å². The molecule has 0 unspecified atom stereocenters. The Kier molecular flexibility index (Phi) is 5.54. The standard InChI is InChI=1S/C17H20N2O4/c1-11-9-15(12(2)23-11)17(22)18-10-16(21)19-14-5-3-13(4-6-14)7-8-20/h3-6,9,20H,7-8,10H2,1-2H3,(H,18,22)(H,19,21). The number of hydrogen-bond acceptors (Lipinski definition) is 4. The van der Waals surface area contributed by atoms with Crippen LogP contribution in [0.3, 0.4) is 0 Å². The molecule has 2 rings (SSSR count). The minimum absolute atomic E-state index is 0.0879. The number of amides is 2. The summed E-state index contributed by atoms with van der Waals surface area (Å²) in [6.45, 7) is 3.43. The highest BCUT2D eigenvalue weighted by atomic mass is 16.3. The predicted molar refractivity (Wildman–Crippen MR) is 86.4 cm³/mol. The lowest BCUT2D eigenvalue weighted by Gasteiger charge is -2.07. The topological polar surface area (TPSA) is 91.6 Å². The van der Waals surface area contributed by atoms with E-state index in [1.54, 1.807) is 32.0 Å². The maximum Gasteiger partial charge on any atom is 0.255 e. The summed E-state index contributed by atoms with van der Waals surface area (Å²) in [4.78, 5) is 23.8. The summed E-state index contributed by atoms with van der Waals surface area (Å²) in [5.74, 6) is 0.527. The number of carbonyl (C=O) groups excluding carboxylic acids is 2. The highest BCUT2D eigenvalue weighted by Gasteiger charge is 2.14. The van der Waals surface area contributed by atoms with Gasteiger partial charge >= 0.3 is 0 Å². The average molecular weight is 316 g/mol. The lowest BCUT2D eigenvalue weighted by atomic mass is 10.1. The van der Waals surface area contributed by atoms with Crippen LogP contribution in [0.1, 0.15) is 27.4 Å². The van der Waals surface area contributed by atoms with E-state index in [-0.39, 0.29) is 25.0 Å². The van der Waals surface area contributed by atoms with E-state index in [9.17, 15) is 9.59 Å². The highest BCUT2D eigenvalue weighted by Crippen LogP contribution is 2.13. The van der Waals surface area contributed by atoms with Crippen LogP contribution < -0.4 is 10.6 Å². The van der Waals surface area contributed by atoms with E-state index in [1.807, 2.05) is 12.1 Å². The van der Waals surface area contributed by atoms with E-state index in [2.05, 4.69) is 10.6 Å². The Morgan fingerprint density at radius 1 is 1.17 bits per heavy atom. The van der Waals surface area contributed by atoms with Crippen molar-refractivity contribution in [1.82, 2.24) is 5.32 Å². The first kappa shape index (κ1) is 16.8. The van der Waals surface area contributed by atoms with Crippen LogP contribution in [0, 0.1) is 13.8 Å². The van der Waals surface area contributed by atoms with E-state index in [0.717, 1.165) is 5.56 Å². The molecule has 0 spiro atoms. The Morgan fingerprint density at radius 2 is 1.87 bits per heavy atom. The zero-order valence-corrected chi connectivity index (χ0v) is 13.2. The Balaban J connectivity index is 1.85. The summed E-state index contributed by atoms with van der Waals surface area (Å²) >= 11 is 0. The van der Waals surface area contributed by atoms with Crippen molar-refractivity contribution in [3.05, 3.63) is 53.0 Å². The van der Waals surface area contributed by atoms with Crippen molar-refractivity contribution in [2.75, 3.05) is 18.5 Å². The molecule has 2 amide bonds. The lowest BCUT2D eigenvalue weighted by Crippen LogP contribution is -2.32. The third-order valence-electron chi connectivity index (χ3n) is 3.33. The van der Waals surface area contributed by atoms with Gasteiger partial charge in [-0.15, -0.1) is 0 Å². The molecular weight excluding hydrogens is 296 g/mol. The van der Waals surface area contributed by atoms with Crippen LogP contribution in [0.4, 0.5) is 5.69 Å². The summed E-state index contributed by atoms with van der Waals surface area (Å²) in [6.07, 6.45) is 0.577. The lowest BCUT2D eigenvalue weighted by molar-refractivity contribution is -0.115. The molecule has 0 atom stereocenters. The number of hydrogen-bond donors (Lipinski definition) is 3. The molecule has 0 radical (unpaired) electrons. The molecule has 0 aliphatic carbocycles. The Morgan fingerprint density at radius 3 is 2.43 bits per heavy atom. The third-order valence-corrected chi connectivity index (χ3v) is 3.33. The van der Waals surface area contributed by atoms with E-state index in [0.29, 0.717) is 29.2 Å². The van der Waals surface area contributed by atoms with Crippen molar-refractivity contribution >= 4 is 17.5 Å². The van der Waals surface area contributed by atoms with Gasteiger partial charge in [-0.1, -0.05) is 12.1 Å². The second-order valence-corrected chi connectivity index (χ2v) is 5.23. The van der Waals surface area contributed by atoms with Crippen LogP contribution in [-0.2, 0) is 11.2 Å². The first-order valence-electron chi connectivity index (χ1n) is 7.34. The van der Waals surface area contributed by atoms with Crippen LogP contribution in [0.2, 0.25) is 0 Å². The van der Waals surface area contributed by atoms with Gasteiger partial charge in [0.1, 0.15) is 11.5 Å². The van der Waals surface area contributed by atoms with Crippen LogP contribution in [0.15, 0.2) is 34.7 Å². The predicted octanol–water partition coefficient (Wildman–Crippen LogP) is 1.80. The number of furan rings is 1. The Labute approximate surface area is 134 Å². The van der Waals surface area contributed by atoms with E-state index >= 15 is 0 Å². The molecule has 2 aromatic rings. The van der Waals surface area contributed by atoms with Gasteiger partial charge in [0.2, 0.25) is 5.91 Å². The van der Waals surface area contributed by atoms with Crippen molar-refractivity contribution in [1.29, 1.82) is 0 Å². The molecule has 1 aromatic heterocycles. The molecule has 1 heterocycles. The minimum atomic E-state index is -0.340. The Bertz CT molecular complexity index is 689. The normalized spacial score (nSPS) is 10.4. The van der Waals surface area contributed by atoms with Crippen LogP contribution >= 0.6 is 0 Å². The zero-order valence-electron chi connectivity index (χ0n) is 13.2. The van der Waals surface area contributed by atoms with Gasteiger partial charge in [0, 0.05) is 12.3 Å². The summed E-state index contributed by atoms with van der Waals surface area (Å²) in [5.41, 5.74) is 2.06. The molecule has 3 N–H and O–H groups in total. The maximum atomic E-state index is 12.0. The molecule has 0 saturated heterocycles. The molecule has 6 heteroatoms. The van der Waals surface area contributed by atoms with Gasteiger partial charge in [-0.05, 0) is 44.0 Å². The number of aliphatic hydroxyl groups excluding tert-OH is 1. The zero-order chi connectivity index (χ0) is 16.8. The van der Waals surface area contributed by atoms with Crippen molar-refractivity contribution in [3.8, 4) is 0 Å². The Hall–Kier alpha value is -2.60. The van der Waals surface area contributed by atoms with Crippen LogP contribution in [-0.4, -0.2) is 30.1 Å². The van der Waals surface area contributed by atoms with Crippen LogP contribution in [0.25, 0.3) is 0 Å². The molecule has 0 fully saturated rings. The van der Waals surface area contributed by atoms with Gasteiger partial charge in [0.05, 0.1) is 12.1 Å². The molecule has 122 valence electrons. The number of nitrogens with one attached hydrogen (secondary N) is 2. The summed E-state index contributed by atoms with van der Waals surface area (Å²) in [6, 6.07) is 8.83. The number of aryl methyl sites for hydroxylation is 2. The number of carbonyl (C=O) groups is 2. The van der Waals surface area contributed by atoms with Gasteiger partial charge in [0.25, 0.3) is 5.91 Å². The average Bonchev–Trinajstić information content (AvgIpc) is 2.86. The number of rotatable bonds is 6. The van der Waals surface area contributed by atoms with Crippen molar-refractivity contribution in [3.63, 3.8) is 0 Å². The molecule has 0 bridgehead atoms. The quantitative estimate of drug-likeness (QED) is 0.758. The van der Waals surface area contributed by atoms with E-state index in [1.165, 1.54) is 0 Å². The molecule has 6 nitrogen and oxygen atoms in total. The summed E-state index contributed by atoms with van der Waals surface area (Å²) in [7, 11) is 0. The second-order valence-electron chi connectivity index (χ2n) is 5.23. The van der Waals surface area contributed by atoms with Crippen molar-refractivity contribution in [2.24, 2.45) is 0 Å². The monoisotopic (exact) mass is 316 g/mol. The van der Waals surface area contributed by atoms with Gasteiger partial charge in [-0.25, -0.2) is 0 Å². The third kappa shape index (κ3) is 4.69. The van der Waals surface area contributed by atoms with E-state index in [4.69, 9.17) is 9.52 Å². The molecule has 1 aromatic carbocycles. The van der Waals surface area contributed by atoms with E-state index < -0.39 is 0 Å². The molecular formula is C17H20N2O4. The fraction of sp³-hybridized carbons (Fsp3) is 0.294. The minimum Gasteiger partial charge on any atom is -0.466 e. The molecule has 0 aliphatic rings. The maximum absolute atomic E-state index is 12.0. The first-order valence-corrected chi connectivity index (χ1v) is 7.34. The fourth-order valence-corrected chi connectivity index (χ4v) is 2.20. The summed E-state index contributed by atoms with van der Waals surface area (Å²) < 4.78 is 5.29. The molecule has 0 aliphatic heterocycles. The molecule has 23 heavy (non-hydrogen) atoms. The molecule has 0 saturated carbocycles. The van der Waals surface area contributed by atoms with Gasteiger partial charge in [-0.2, -0.15) is 0 Å². The first-order chi connectivity index (χ1) is 11.0. The SMILES string of the molecule is Cc1cc(C(=O)NCC(=O)Nc2ccc(CCO)cc2)c(C)o1. The van der Waals surface area contributed by atoms with Gasteiger partial charge in [-0.3, -0.25) is 9.59 Å². The largest absolute Gasteiger partial charge is 0.466 e. The number of aliphatic hydroxyl groups is 1. The smallest absolute Gasteiger partial charge is 0.255 e. The van der Waals surface area contributed by atoms with Gasteiger partial charge in [0.15, 0.2) is 0 Å². The highest BCUT2D eigenvalue weighted by molar-refractivity contribution is 5.99. The summed E-state index contributed by atoms with van der Waals surface area (Å²) in [5, 5.41) is 14.1. The number of anilines is 1. The van der Waals surface area contributed by atoms with Crippen molar-refractivity contribution in [2.45, 2.75) is 20.3 Å². The van der Waals surface area contributed by atoms with Crippen molar-refractivity contribution < 1.29 is 19.1 Å². The van der Waals surface area contributed by atoms with Crippen LogP contribution in [0.5, 0.6) is 0 Å².